The molecule has 8 nitrogen and oxygen atoms in total. The molecule has 0 atom stereocenters. The molecule has 0 aliphatic rings. The first-order valence-electron chi connectivity index (χ1n) is 9.76. The maximum atomic E-state index is 12.2. The fourth-order valence-electron chi connectivity index (χ4n) is 2.81. The number of carbonyl (C=O) groups is 1. The molecule has 0 saturated heterocycles. The van der Waals surface area contributed by atoms with Gasteiger partial charge in [0, 0.05) is 34.3 Å². The highest BCUT2D eigenvalue weighted by molar-refractivity contribution is 6.31. The molecule has 0 unspecified atom stereocenters. The lowest BCUT2D eigenvalue weighted by atomic mass is 10.2. The zero-order valence-electron chi connectivity index (χ0n) is 17.1. The van der Waals surface area contributed by atoms with Gasteiger partial charge in [-0.05, 0) is 61.0 Å². The molecule has 0 aliphatic heterocycles. The van der Waals surface area contributed by atoms with Crippen molar-refractivity contribution in [3.63, 3.8) is 0 Å². The van der Waals surface area contributed by atoms with Gasteiger partial charge in [-0.3, -0.25) is 0 Å². The molecule has 4 N–H and O–H groups in total. The number of aryl methyl sites for hydroxylation is 1. The predicted molar refractivity (Wildman–Crippen MR) is 128 cm³/mol. The second kappa shape index (κ2) is 9.76. The molecule has 4 rings (SSSR count). The van der Waals surface area contributed by atoms with Gasteiger partial charge < -0.3 is 21.3 Å². The zero-order valence-corrected chi connectivity index (χ0v) is 17.9. The number of hydrogen-bond acceptors (Lipinski definition) is 6. The van der Waals surface area contributed by atoms with E-state index in [1.807, 2.05) is 43.3 Å². The first-order valence-corrected chi connectivity index (χ1v) is 10.1. The molecule has 2 aromatic heterocycles. The largest absolute Gasteiger partial charge is 0.340 e. The highest BCUT2D eigenvalue weighted by Crippen LogP contribution is 2.22. The van der Waals surface area contributed by atoms with Crippen LogP contribution in [0.15, 0.2) is 79.3 Å². The molecule has 2 amide bonds. The normalized spacial score (nSPS) is 10.3. The minimum atomic E-state index is -0.355. The Morgan fingerprint density at radius 2 is 1.44 bits per heavy atom. The van der Waals surface area contributed by atoms with E-state index in [1.165, 1.54) is 6.33 Å². The predicted octanol–water partition coefficient (Wildman–Crippen LogP) is 5.96. The zero-order chi connectivity index (χ0) is 22.3. The molecular weight excluding hydrogens is 426 g/mol. The Bertz CT molecular complexity index is 1220. The third kappa shape index (κ3) is 5.71. The number of urea groups is 1. The Morgan fingerprint density at radius 3 is 2.16 bits per heavy atom. The van der Waals surface area contributed by atoms with E-state index in [-0.39, 0.29) is 6.03 Å². The van der Waals surface area contributed by atoms with Crippen LogP contribution < -0.4 is 21.3 Å². The Morgan fingerprint density at radius 1 is 0.750 bits per heavy atom. The first kappa shape index (κ1) is 21.1. The van der Waals surface area contributed by atoms with Gasteiger partial charge in [-0.15, -0.1) is 0 Å². The fraction of sp³-hybridized carbons (Fsp3) is 0.0435. The van der Waals surface area contributed by atoms with Crippen LogP contribution in [-0.2, 0) is 0 Å². The smallest absolute Gasteiger partial charge is 0.323 e. The van der Waals surface area contributed by atoms with Crippen molar-refractivity contribution in [2.45, 2.75) is 6.92 Å². The van der Waals surface area contributed by atoms with Gasteiger partial charge in [0.15, 0.2) is 0 Å². The summed E-state index contributed by atoms with van der Waals surface area (Å²) < 4.78 is 0. The molecule has 0 bridgehead atoms. The summed E-state index contributed by atoms with van der Waals surface area (Å²) in [5.74, 6) is 1.93. The van der Waals surface area contributed by atoms with Gasteiger partial charge in [0.2, 0.25) is 0 Å². The number of aromatic nitrogens is 3. The molecule has 0 saturated carbocycles. The summed E-state index contributed by atoms with van der Waals surface area (Å²) in [5, 5.41) is 12.5. The van der Waals surface area contributed by atoms with Crippen molar-refractivity contribution in [2.75, 3.05) is 21.3 Å². The topological polar surface area (TPSA) is 104 Å². The molecule has 0 fully saturated rings. The second-order valence-corrected chi connectivity index (χ2v) is 7.28. The Labute approximate surface area is 190 Å². The molecule has 32 heavy (non-hydrogen) atoms. The van der Waals surface area contributed by atoms with Crippen LogP contribution in [0.5, 0.6) is 0 Å². The van der Waals surface area contributed by atoms with Crippen LogP contribution in [0, 0.1) is 6.92 Å². The minimum Gasteiger partial charge on any atom is -0.340 e. The van der Waals surface area contributed by atoms with Crippen molar-refractivity contribution < 1.29 is 4.79 Å². The number of hydrogen-bond donors (Lipinski definition) is 4. The summed E-state index contributed by atoms with van der Waals surface area (Å²) >= 11 is 6.10. The Hall–Kier alpha value is -4.17. The molecule has 0 aliphatic carbocycles. The summed E-state index contributed by atoms with van der Waals surface area (Å²) in [6.45, 7) is 1.90. The van der Waals surface area contributed by atoms with E-state index in [4.69, 9.17) is 11.6 Å². The first-order chi connectivity index (χ1) is 15.5. The molecule has 0 radical (unpaired) electrons. The second-order valence-electron chi connectivity index (χ2n) is 6.87. The van der Waals surface area contributed by atoms with Gasteiger partial charge in [0.1, 0.15) is 23.8 Å². The number of anilines is 6. The van der Waals surface area contributed by atoms with E-state index in [0.717, 1.165) is 11.3 Å². The number of benzene rings is 2. The van der Waals surface area contributed by atoms with Crippen LogP contribution in [0.25, 0.3) is 0 Å². The van der Waals surface area contributed by atoms with Gasteiger partial charge in [-0.25, -0.2) is 19.7 Å². The van der Waals surface area contributed by atoms with Crippen LogP contribution in [-0.4, -0.2) is 21.0 Å². The third-order valence-electron chi connectivity index (χ3n) is 4.43. The number of pyridine rings is 1. The van der Waals surface area contributed by atoms with E-state index in [0.29, 0.717) is 33.9 Å². The number of amides is 2. The van der Waals surface area contributed by atoms with Crippen LogP contribution in [0.1, 0.15) is 5.56 Å². The number of halogens is 1. The third-order valence-corrected chi connectivity index (χ3v) is 4.84. The summed E-state index contributed by atoms with van der Waals surface area (Å²) in [6, 6.07) is 19.6. The lowest BCUT2D eigenvalue weighted by Crippen LogP contribution is -2.19. The van der Waals surface area contributed by atoms with Gasteiger partial charge in [0.25, 0.3) is 0 Å². The summed E-state index contributed by atoms with van der Waals surface area (Å²) in [4.78, 5) is 24.9. The SMILES string of the molecule is Cc1ccc(NC(=O)Nc2ccc(Nc3cc(Nc4ccccn4)ncn3)cc2)cc1Cl. The van der Waals surface area contributed by atoms with E-state index in [2.05, 4.69) is 36.2 Å². The lowest BCUT2D eigenvalue weighted by molar-refractivity contribution is 0.262. The van der Waals surface area contributed by atoms with E-state index in [9.17, 15) is 4.79 Å². The van der Waals surface area contributed by atoms with Crippen LogP contribution in [0.4, 0.5) is 39.3 Å². The van der Waals surface area contributed by atoms with Crippen molar-refractivity contribution in [1.29, 1.82) is 0 Å². The molecule has 9 heteroatoms. The molecule has 2 heterocycles. The van der Waals surface area contributed by atoms with Crippen molar-refractivity contribution >= 4 is 52.1 Å². The standard InChI is InChI=1S/C23H20ClN7O/c1-15-5-6-18(12-19(15)24)30-23(32)29-17-9-7-16(8-10-17)28-21-13-22(27-14-26-21)31-20-4-2-3-11-25-20/h2-14H,1H3,(H2,29,30,32)(H2,25,26,27,28,31). The number of nitrogens with zero attached hydrogens (tertiary/aromatic N) is 3. The molecular formula is C23H20ClN7O. The van der Waals surface area contributed by atoms with Gasteiger partial charge in [-0.1, -0.05) is 23.7 Å². The van der Waals surface area contributed by atoms with Crippen LogP contribution in [0.2, 0.25) is 5.02 Å². The van der Waals surface area contributed by atoms with Gasteiger partial charge in [-0.2, -0.15) is 0 Å². The maximum Gasteiger partial charge on any atom is 0.323 e. The van der Waals surface area contributed by atoms with Gasteiger partial charge in [0.05, 0.1) is 0 Å². The highest BCUT2D eigenvalue weighted by Gasteiger charge is 2.05. The Kier molecular flexibility index (Phi) is 6.43. The molecule has 160 valence electrons. The summed E-state index contributed by atoms with van der Waals surface area (Å²) in [5.41, 5.74) is 3.02. The summed E-state index contributed by atoms with van der Waals surface area (Å²) in [7, 11) is 0. The van der Waals surface area contributed by atoms with Crippen molar-refractivity contribution in [1.82, 2.24) is 15.0 Å². The number of carbonyl (C=O) groups excluding carboxylic acids is 1. The van der Waals surface area contributed by atoms with Crippen LogP contribution in [0.3, 0.4) is 0 Å². The molecule has 4 aromatic rings. The lowest BCUT2D eigenvalue weighted by Gasteiger charge is -2.11. The monoisotopic (exact) mass is 445 g/mol. The average Bonchev–Trinajstić information content (AvgIpc) is 2.79. The molecule has 0 spiro atoms. The van der Waals surface area contributed by atoms with Crippen LogP contribution >= 0.6 is 11.6 Å². The average molecular weight is 446 g/mol. The number of nitrogens with one attached hydrogen (secondary N) is 4. The van der Waals surface area contributed by atoms with Crippen molar-refractivity contribution in [3.8, 4) is 0 Å². The summed E-state index contributed by atoms with van der Waals surface area (Å²) in [6.07, 6.45) is 3.17. The quantitative estimate of drug-likeness (QED) is 0.291. The fourth-order valence-corrected chi connectivity index (χ4v) is 2.99. The molecule has 2 aromatic carbocycles. The van der Waals surface area contributed by atoms with E-state index in [1.54, 1.807) is 36.5 Å². The minimum absolute atomic E-state index is 0.355. The van der Waals surface area contributed by atoms with Crippen molar-refractivity contribution in [2.24, 2.45) is 0 Å². The number of rotatable bonds is 6. The van der Waals surface area contributed by atoms with E-state index < -0.39 is 0 Å². The highest BCUT2D eigenvalue weighted by atomic mass is 35.5. The van der Waals surface area contributed by atoms with Gasteiger partial charge >= 0.3 is 6.03 Å². The maximum absolute atomic E-state index is 12.2. The Balaban J connectivity index is 1.35. The van der Waals surface area contributed by atoms with Crippen molar-refractivity contribution in [3.05, 3.63) is 89.8 Å². The van der Waals surface area contributed by atoms with E-state index >= 15 is 0 Å².